The minimum Gasteiger partial charge on any atom is -0.493 e. The summed E-state index contributed by atoms with van der Waals surface area (Å²) < 4.78 is 57.3. The van der Waals surface area contributed by atoms with E-state index in [9.17, 15) is 9.18 Å². The van der Waals surface area contributed by atoms with E-state index in [-0.39, 0.29) is 17.8 Å². The first-order valence-corrected chi connectivity index (χ1v) is 18.5. The maximum atomic E-state index is 16.0. The lowest BCUT2D eigenvalue weighted by Crippen LogP contribution is -2.38. The summed E-state index contributed by atoms with van der Waals surface area (Å²) in [5.74, 6) is 0.285. The highest BCUT2D eigenvalue weighted by molar-refractivity contribution is 6.01. The van der Waals surface area contributed by atoms with Crippen LogP contribution in [0.15, 0.2) is 42.6 Å². The molecule has 1 saturated carbocycles. The molecule has 274 valence electrons. The zero-order valence-electron chi connectivity index (χ0n) is 31.6. The summed E-state index contributed by atoms with van der Waals surface area (Å²) in [5, 5.41) is 0.826. The molecular weight excluding hydrogens is 648 g/mol. The molecule has 8 heteroatoms. The van der Waals surface area contributed by atoms with E-state index in [4.69, 9.17) is 18.9 Å². The molecule has 1 fully saturated rings. The van der Waals surface area contributed by atoms with Crippen LogP contribution in [0.5, 0.6) is 11.5 Å². The topological polar surface area (TPSA) is 58.9 Å². The van der Waals surface area contributed by atoms with Crippen LogP contribution < -0.4 is 9.47 Å². The molecule has 3 aromatic carbocycles. The van der Waals surface area contributed by atoms with Gasteiger partial charge in [0.1, 0.15) is 6.10 Å². The van der Waals surface area contributed by atoms with E-state index in [0.717, 1.165) is 58.8 Å². The lowest BCUT2D eigenvalue weighted by atomic mass is 9.75. The van der Waals surface area contributed by atoms with Gasteiger partial charge in [-0.15, -0.1) is 0 Å². The molecule has 4 atom stereocenters. The minimum absolute atomic E-state index is 0.193. The van der Waals surface area contributed by atoms with Gasteiger partial charge in [-0.3, -0.25) is 0 Å². The number of para-hydroxylation sites is 1. The number of ether oxygens (including phenoxy) is 4. The molecule has 6 rings (SSSR count). The smallest absolute Gasteiger partial charge is 0.340 e. The molecule has 1 aliphatic carbocycles. The van der Waals surface area contributed by atoms with Gasteiger partial charge in [-0.25, -0.2) is 13.6 Å². The molecule has 1 aromatic heterocycles. The van der Waals surface area contributed by atoms with Crippen molar-refractivity contribution in [2.24, 2.45) is 17.8 Å². The molecule has 2 aliphatic rings. The maximum absolute atomic E-state index is 16.0. The van der Waals surface area contributed by atoms with Gasteiger partial charge in [0.05, 0.1) is 25.9 Å². The van der Waals surface area contributed by atoms with E-state index in [1.165, 1.54) is 13.2 Å². The first-order chi connectivity index (χ1) is 24.2. The van der Waals surface area contributed by atoms with E-state index in [1.54, 1.807) is 12.1 Å². The molecule has 0 saturated heterocycles. The Morgan fingerprint density at radius 3 is 2.55 bits per heavy atom. The predicted molar refractivity (Wildman–Crippen MR) is 197 cm³/mol. The van der Waals surface area contributed by atoms with Crippen LogP contribution in [0.3, 0.4) is 0 Å². The highest BCUT2D eigenvalue weighted by atomic mass is 19.1. The van der Waals surface area contributed by atoms with E-state index in [0.29, 0.717) is 53.8 Å². The maximum Gasteiger partial charge on any atom is 0.340 e. The molecule has 1 aliphatic heterocycles. The van der Waals surface area contributed by atoms with Crippen molar-refractivity contribution in [3.8, 4) is 22.6 Å². The summed E-state index contributed by atoms with van der Waals surface area (Å²) in [6, 6.07) is 10.5. The normalized spacial score (nSPS) is 19.9. The second kappa shape index (κ2) is 14.6. The number of carbonyl (C=O) groups is 1. The van der Waals surface area contributed by atoms with Crippen LogP contribution in [0, 0.1) is 43.2 Å². The van der Waals surface area contributed by atoms with Crippen LogP contribution >= 0.6 is 0 Å². The van der Waals surface area contributed by atoms with Gasteiger partial charge in [-0.05, 0) is 125 Å². The van der Waals surface area contributed by atoms with Gasteiger partial charge in [0.15, 0.2) is 29.2 Å². The summed E-state index contributed by atoms with van der Waals surface area (Å²) in [5.41, 5.74) is 5.46. The van der Waals surface area contributed by atoms with Gasteiger partial charge in [0.25, 0.3) is 0 Å². The van der Waals surface area contributed by atoms with Crippen LogP contribution in [0.1, 0.15) is 101 Å². The van der Waals surface area contributed by atoms with E-state index in [1.807, 2.05) is 63.6 Å². The second-order valence-electron chi connectivity index (χ2n) is 16.0. The fraction of sp³-hybridized carbons (Fsp3) is 0.512. The lowest BCUT2D eigenvalue weighted by Gasteiger charge is -2.38. The van der Waals surface area contributed by atoms with E-state index >= 15 is 4.39 Å². The van der Waals surface area contributed by atoms with Crippen molar-refractivity contribution in [3.63, 3.8) is 0 Å². The van der Waals surface area contributed by atoms with Crippen molar-refractivity contribution in [2.45, 2.75) is 112 Å². The summed E-state index contributed by atoms with van der Waals surface area (Å²) in [6.45, 7) is 17.2. The Hall–Kier alpha value is -3.91. The van der Waals surface area contributed by atoms with Crippen molar-refractivity contribution in [1.29, 1.82) is 0 Å². The van der Waals surface area contributed by atoms with Crippen LogP contribution in [0.2, 0.25) is 0 Å². The number of rotatable bonds is 9. The summed E-state index contributed by atoms with van der Waals surface area (Å²) in [6.07, 6.45) is 5.07. The summed E-state index contributed by atoms with van der Waals surface area (Å²) in [4.78, 5) is 14.7. The number of methoxy groups -OCH3 is 1. The molecule has 0 radical (unpaired) electrons. The average Bonchev–Trinajstić information content (AvgIpc) is 3.46. The monoisotopic (exact) mass is 701 g/mol. The highest BCUT2D eigenvalue weighted by Crippen LogP contribution is 2.46. The number of nitrogens with zero attached hydrogens (tertiary/aromatic N) is 1. The van der Waals surface area contributed by atoms with Gasteiger partial charge < -0.3 is 23.5 Å². The van der Waals surface area contributed by atoms with E-state index < -0.39 is 29.3 Å². The zero-order chi connectivity index (χ0) is 36.8. The van der Waals surface area contributed by atoms with Gasteiger partial charge >= 0.3 is 5.97 Å². The quantitative estimate of drug-likeness (QED) is 0.163. The first-order valence-electron chi connectivity index (χ1n) is 18.5. The largest absolute Gasteiger partial charge is 0.493 e. The van der Waals surface area contributed by atoms with Crippen molar-refractivity contribution < 1.29 is 32.5 Å². The van der Waals surface area contributed by atoms with Crippen LogP contribution in [0.25, 0.3) is 22.0 Å². The van der Waals surface area contributed by atoms with E-state index in [2.05, 4.69) is 20.8 Å². The number of aryl methyl sites for hydroxylation is 1. The third-order valence-corrected chi connectivity index (χ3v) is 10.8. The molecule has 51 heavy (non-hydrogen) atoms. The van der Waals surface area contributed by atoms with Gasteiger partial charge in [-0.1, -0.05) is 39.3 Å². The molecule has 6 nitrogen and oxygen atoms in total. The Labute approximate surface area is 301 Å². The molecular formula is C43H53F2NO5. The number of esters is 1. The number of aromatic nitrogens is 1. The second-order valence-corrected chi connectivity index (χ2v) is 16.0. The van der Waals surface area contributed by atoms with Gasteiger partial charge in [-0.2, -0.15) is 0 Å². The first kappa shape index (κ1) is 36.9. The Morgan fingerprint density at radius 2 is 1.84 bits per heavy atom. The SMILES string of the molecule is COc1c(F)cccc1Cn1ccc2c(-c3cc(F)c4c(c3C)CCCO4)c([C@H](OC(C)(C)C)C(=O)OC3CC(C)CCC3C(C)C)c(C)cc21. The number of hydrogen-bond acceptors (Lipinski definition) is 5. The Bertz CT molecular complexity index is 1920. The average molecular weight is 702 g/mol. The van der Waals surface area contributed by atoms with Crippen LogP contribution in [0.4, 0.5) is 8.78 Å². The Kier molecular flexibility index (Phi) is 10.6. The van der Waals surface area contributed by atoms with Crippen molar-refractivity contribution >= 4 is 16.9 Å². The fourth-order valence-electron chi connectivity index (χ4n) is 8.30. The van der Waals surface area contributed by atoms with Crippen molar-refractivity contribution in [1.82, 2.24) is 4.57 Å². The molecule has 2 heterocycles. The number of fused-ring (bicyclic) bond motifs is 2. The fourth-order valence-corrected chi connectivity index (χ4v) is 8.30. The molecule has 0 amide bonds. The Balaban J connectivity index is 1.57. The molecule has 0 N–H and O–H groups in total. The third kappa shape index (κ3) is 7.39. The van der Waals surface area contributed by atoms with Crippen molar-refractivity contribution in [3.05, 3.63) is 82.0 Å². The van der Waals surface area contributed by atoms with Crippen LogP contribution in [-0.4, -0.2) is 36.0 Å². The van der Waals surface area contributed by atoms with Crippen LogP contribution in [-0.2, 0) is 27.2 Å². The number of carbonyl (C=O) groups excluding carboxylic acids is 1. The standard InChI is InChI=1S/C43H53F2NO5/c1-24(2)29-16-15-25(3)20-36(29)50-42(47)41(51-43(6,7)8)37-26(4)21-35-31(17-18-46(35)23-28-12-10-14-33(44)39(28)48-9)38(37)32-22-34(45)40-30(27(32)5)13-11-19-49-40/h10,12,14,17-18,21-22,24-25,29,36,41H,11,13,15-16,19-20,23H2,1-9H3/t25?,29?,36?,41-/m0/s1. The van der Waals surface area contributed by atoms with Gasteiger partial charge in [0, 0.05) is 33.8 Å². The zero-order valence-corrected chi connectivity index (χ0v) is 31.6. The number of hydrogen-bond donors (Lipinski definition) is 0. The Morgan fingerprint density at radius 1 is 1.08 bits per heavy atom. The molecule has 3 unspecified atom stereocenters. The summed E-state index contributed by atoms with van der Waals surface area (Å²) in [7, 11) is 1.47. The van der Waals surface area contributed by atoms with Crippen molar-refractivity contribution in [2.75, 3.05) is 13.7 Å². The predicted octanol–water partition coefficient (Wildman–Crippen LogP) is 10.4. The highest BCUT2D eigenvalue weighted by Gasteiger charge is 2.39. The molecule has 4 aromatic rings. The number of benzene rings is 3. The minimum atomic E-state index is -1.07. The lowest BCUT2D eigenvalue weighted by molar-refractivity contribution is -0.178. The summed E-state index contributed by atoms with van der Waals surface area (Å²) >= 11 is 0. The van der Waals surface area contributed by atoms with Gasteiger partial charge in [0.2, 0.25) is 0 Å². The molecule has 0 bridgehead atoms. The third-order valence-electron chi connectivity index (χ3n) is 10.8. The molecule has 0 spiro atoms. The number of halogens is 2.